The molecule has 0 N–H and O–H groups in total. The molecule has 0 heterocycles. The molecule has 5 heteroatoms. The Morgan fingerprint density at radius 2 is 1.76 bits per heavy atom. The molecule has 0 saturated heterocycles. The van der Waals surface area contributed by atoms with Crippen molar-refractivity contribution >= 4 is 11.8 Å². The van der Waals surface area contributed by atoms with Crippen LogP contribution in [0.1, 0.15) is 23.6 Å². The molecule has 108 valence electrons. The summed E-state index contributed by atoms with van der Waals surface area (Å²) in [5, 5.41) is 8.72. The Morgan fingerprint density at radius 3 is 2.29 bits per heavy atom. The van der Waals surface area contributed by atoms with Gasteiger partial charge in [0.15, 0.2) is 0 Å². The Bertz CT molecular complexity index is 669. The molecule has 0 saturated carbocycles. The summed E-state index contributed by atoms with van der Waals surface area (Å²) in [5.74, 6) is 0. The van der Waals surface area contributed by atoms with Crippen LogP contribution in [0.4, 0.5) is 13.2 Å². The van der Waals surface area contributed by atoms with E-state index in [1.807, 2.05) is 13.0 Å². The van der Waals surface area contributed by atoms with Gasteiger partial charge in [-0.2, -0.15) is 18.4 Å². The van der Waals surface area contributed by atoms with E-state index in [4.69, 9.17) is 5.26 Å². The molecule has 0 aliphatic carbocycles. The molecule has 2 rings (SSSR count). The van der Waals surface area contributed by atoms with Crippen LogP contribution in [0.25, 0.3) is 0 Å². The van der Waals surface area contributed by atoms with Crippen molar-refractivity contribution in [3.8, 4) is 6.07 Å². The summed E-state index contributed by atoms with van der Waals surface area (Å²) < 4.78 is 39.4. The summed E-state index contributed by atoms with van der Waals surface area (Å²) in [7, 11) is 0. The first-order valence-electron chi connectivity index (χ1n) is 6.32. The van der Waals surface area contributed by atoms with E-state index in [-0.39, 0.29) is 4.90 Å². The standard InChI is InChI=1S/C16H12F3NS/c1-2-11-5-8-15(14(9-11)16(17,18)19)21-13-6-3-12(10-20)4-7-13/h3-9H,2H2,1H3. The van der Waals surface area contributed by atoms with Gasteiger partial charge < -0.3 is 0 Å². The lowest BCUT2D eigenvalue weighted by Crippen LogP contribution is -2.07. The van der Waals surface area contributed by atoms with Crippen LogP contribution < -0.4 is 0 Å². The number of hydrogen-bond donors (Lipinski definition) is 0. The number of aryl methyl sites for hydroxylation is 1. The Kier molecular flexibility index (Phi) is 4.59. The first-order chi connectivity index (χ1) is 9.94. The summed E-state index contributed by atoms with van der Waals surface area (Å²) in [6.07, 6.45) is -3.81. The second kappa shape index (κ2) is 6.23. The van der Waals surface area contributed by atoms with E-state index in [0.29, 0.717) is 22.4 Å². The minimum Gasteiger partial charge on any atom is -0.192 e. The molecule has 0 radical (unpaired) electrons. The predicted molar refractivity (Wildman–Crippen MR) is 76.1 cm³/mol. The van der Waals surface area contributed by atoms with Gasteiger partial charge in [-0.05, 0) is 48.4 Å². The van der Waals surface area contributed by atoms with Crippen LogP contribution in [-0.2, 0) is 12.6 Å². The van der Waals surface area contributed by atoms with E-state index in [9.17, 15) is 13.2 Å². The quantitative estimate of drug-likeness (QED) is 0.769. The van der Waals surface area contributed by atoms with Crippen molar-refractivity contribution in [2.24, 2.45) is 0 Å². The number of alkyl halides is 3. The molecule has 0 aliphatic heterocycles. The van der Waals surface area contributed by atoms with Crippen molar-refractivity contribution in [2.75, 3.05) is 0 Å². The van der Waals surface area contributed by atoms with Gasteiger partial charge in [0, 0.05) is 9.79 Å². The van der Waals surface area contributed by atoms with Crippen molar-refractivity contribution in [3.05, 3.63) is 59.2 Å². The van der Waals surface area contributed by atoms with Crippen LogP contribution >= 0.6 is 11.8 Å². The highest BCUT2D eigenvalue weighted by molar-refractivity contribution is 7.99. The first kappa shape index (κ1) is 15.5. The number of rotatable bonds is 3. The van der Waals surface area contributed by atoms with Gasteiger partial charge in [-0.1, -0.05) is 24.8 Å². The number of nitrogens with zero attached hydrogens (tertiary/aromatic N) is 1. The summed E-state index contributed by atoms with van der Waals surface area (Å²) >= 11 is 1.05. The average molecular weight is 307 g/mol. The maximum atomic E-state index is 13.1. The first-order valence-corrected chi connectivity index (χ1v) is 7.14. The molecular weight excluding hydrogens is 295 g/mol. The molecule has 2 aromatic carbocycles. The van der Waals surface area contributed by atoms with Crippen molar-refractivity contribution in [1.29, 1.82) is 5.26 Å². The van der Waals surface area contributed by atoms with Crippen LogP contribution in [-0.4, -0.2) is 0 Å². The molecule has 21 heavy (non-hydrogen) atoms. The number of halogens is 3. The van der Waals surface area contributed by atoms with E-state index < -0.39 is 11.7 Å². The van der Waals surface area contributed by atoms with Gasteiger partial charge in [-0.15, -0.1) is 0 Å². The summed E-state index contributed by atoms with van der Waals surface area (Å²) in [6, 6.07) is 12.9. The van der Waals surface area contributed by atoms with Crippen LogP contribution in [0, 0.1) is 11.3 Å². The highest BCUT2D eigenvalue weighted by Gasteiger charge is 2.33. The topological polar surface area (TPSA) is 23.8 Å². The minimum absolute atomic E-state index is 0.171. The van der Waals surface area contributed by atoms with Crippen LogP contribution in [0.2, 0.25) is 0 Å². The molecule has 0 amide bonds. The van der Waals surface area contributed by atoms with Gasteiger partial charge in [0.05, 0.1) is 17.2 Å². The van der Waals surface area contributed by atoms with E-state index >= 15 is 0 Å². The zero-order chi connectivity index (χ0) is 15.5. The average Bonchev–Trinajstić information content (AvgIpc) is 2.47. The fourth-order valence-electron chi connectivity index (χ4n) is 1.83. The molecule has 0 fully saturated rings. The monoisotopic (exact) mass is 307 g/mol. The highest BCUT2D eigenvalue weighted by atomic mass is 32.2. The highest BCUT2D eigenvalue weighted by Crippen LogP contribution is 2.40. The van der Waals surface area contributed by atoms with Gasteiger partial charge >= 0.3 is 6.18 Å². The molecule has 0 bridgehead atoms. The maximum Gasteiger partial charge on any atom is 0.417 e. The van der Waals surface area contributed by atoms with Gasteiger partial charge in [0.2, 0.25) is 0 Å². The fraction of sp³-hybridized carbons (Fsp3) is 0.188. The zero-order valence-electron chi connectivity index (χ0n) is 11.2. The van der Waals surface area contributed by atoms with Gasteiger partial charge in [0.25, 0.3) is 0 Å². The Labute approximate surface area is 125 Å². The van der Waals surface area contributed by atoms with Crippen molar-refractivity contribution in [2.45, 2.75) is 29.3 Å². The molecular formula is C16H12F3NS. The largest absolute Gasteiger partial charge is 0.417 e. The number of benzene rings is 2. The van der Waals surface area contributed by atoms with Gasteiger partial charge in [-0.3, -0.25) is 0 Å². The maximum absolute atomic E-state index is 13.1. The molecule has 0 spiro atoms. The minimum atomic E-state index is -4.37. The lowest BCUT2D eigenvalue weighted by molar-refractivity contribution is -0.139. The van der Waals surface area contributed by atoms with Crippen LogP contribution in [0.3, 0.4) is 0 Å². The Morgan fingerprint density at radius 1 is 1.10 bits per heavy atom. The van der Waals surface area contributed by atoms with E-state index in [1.165, 1.54) is 12.1 Å². The van der Waals surface area contributed by atoms with Crippen LogP contribution in [0.5, 0.6) is 0 Å². The van der Waals surface area contributed by atoms with Crippen LogP contribution in [0.15, 0.2) is 52.3 Å². The number of nitriles is 1. The van der Waals surface area contributed by atoms with Crippen molar-refractivity contribution in [3.63, 3.8) is 0 Å². The SMILES string of the molecule is CCc1ccc(Sc2ccc(C#N)cc2)c(C(F)(F)F)c1. The predicted octanol–water partition coefficient (Wildman–Crippen LogP) is 5.29. The van der Waals surface area contributed by atoms with Gasteiger partial charge in [0.1, 0.15) is 0 Å². The van der Waals surface area contributed by atoms with Crippen molar-refractivity contribution < 1.29 is 13.2 Å². The molecule has 0 unspecified atom stereocenters. The third-order valence-corrected chi connectivity index (χ3v) is 4.05. The fourth-order valence-corrected chi connectivity index (χ4v) is 2.78. The summed E-state index contributed by atoms with van der Waals surface area (Å²) in [4.78, 5) is 0.841. The molecule has 2 aromatic rings. The second-order valence-corrected chi connectivity index (χ2v) is 5.54. The summed E-state index contributed by atoms with van der Waals surface area (Å²) in [6.45, 7) is 1.82. The Balaban J connectivity index is 2.36. The van der Waals surface area contributed by atoms with Gasteiger partial charge in [-0.25, -0.2) is 0 Å². The summed E-state index contributed by atoms with van der Waals surface area (Å²) in [5.41, 5.74) is 0.527. The molecule has 0 atom stereocenters. The van der Waals surface area contributed by atoms with E-state index in [0.717, 1.165) is 11.8 Å². The number of hydrogen-bond acceptors (Lipinski definition) is 2. The molecule has 0 aromatic heterocycles. The van der Waals surface area contributed by atoms with Crippen molar-refractivity contribution in [1.82, 2.24) is 0 Å². The van der Waals surface area contributed by atoms with E-state index in [2.05, 4.69) is 0 Å². The molecule has 0 aliphatic rings. The third kappa shape index (κ3) is 3.79. The smallest absolute Gasteiger partial charge is 0.192 e. The normalized spacial score (nSPS) is 11.2. The zero-order valence-corrected chi connectivity index (χ0v) is 12.1. The lowest BCUT2D eigenvalue weighted by atomic mass is 10.1. The third-order valence-electron chi connectivity index (χ3n) is 2.97. The lowest BCUT2D eigenvalue weighted by Gasteiger charge is -2.14. The molecule has 1 nitrogen and oxygen atoms in total. The second-order valence-electron chi connectivity index (χ2n) is 4.42. The van der Waals surface area contributed by atoms with E-state index in [1.54, 1.807) is 30.3 Å². The Hall–Kier alpha value is -1.93.